The first-order chi connectivity index (χ1) is 10.7. The number of piperidine rings is 1. The molecule has 0 radical (unpaired) electrons. The van der Waals surface area contributed by atoms with Crippen LogP contribution in [0.2, 0.25) is 0 Å². The van der Waals surface area contributed by atoms with Crippen LogP contribution in [0.4, 0.5) is 11.6 Å². The van der Waals surface area contributed by atoms with Crippen molar-refractivity contribution in [3.63, 3.8) is 0 Å². The Bertz CT molecular complexity index is 555. The summed E-state index contributed by atoms with van der Waals surface area (Å²) in [4.78, 5) is 23.2. The van der Waals surface area contributed by atoms with Crippen LogP contribution in [0.25, 0.3) is 0 Å². The van der Waals surface area contributed by atoms with Crippen molar-refractivity contribution in [2.75, 3.05) is 43.0 Å². The van der Waals surface area contributed by atoms with E-state index in [4.69, 9.17) is 10.5 Å². The Kier molecular flexibility index (Phi) is 4.15. The van der Waals surface area contributed by atoms with Gasteiger partial charge in [-0.15, -0.1) is 0 Å². The van der Waals surface area contributed by atoms with Crippen molar-refractivity contribution in [3.05, 3.63) is 11.9 Å². The predicted octanol–water partition coefficient (Wildman–Crippen LogP) is 0.553. The quantitative estimate of drug-likeness (QED) is 0.785. The lowest BCUT2D eigenvalue weighted by molar-refractivity contribution is -0.156. The van der Waals surface area contributed by atoms with E-state index in [9.17, 15) is 4.79 Å². The number of nitrogens with one attached hydrogen (secondary N) is 1. The van der Waals surface area contributed by atoms with E-state index in [0.717, 1.165) is 37.7 Å². The highest BCUT2D eigenvalue weighted by Crippen LogP contribution is 2.36. The smallest absolute Gasteiger partial charge is 0.313 e. The highest BCUT2D eigenvalue weighted by molar-refractivity contribution is 5.77. The van der Waals surface area contributed by atoms with Crippen LogP contribution in [-0.2, 0) is 16.0 Å². The van der Waals surface area contributed by atoms with Gasteiger partial charge in [-0.1, -0.05) is 0 Å². The first kappa shape index (κ1) is 15.0. The van der Waals surface area contributed by atoms with Crippen molar-refractivity contribution in [2.24, 2.45) is 11.1 Å². The minimum Gasteiger partial charge on any atom is -0.466 e. The van der Waals surface area contributed by atoms with Crippen molar-refractivity contribution < 1.29 is 9.53 Å². The van der Waals surface area contributed by atoms with Crippen LogP contribution in [0.5, 0.6) is 0 Å². The largest absolute Gasteiger partial charge is 0.466 e. The zero-order valence-electron chi connectivity index (χ0n) is 13.0. The highest BCUT2D eigenvalue weighted by atomic mass is 16.5. The second kappa shape index (κ2) is 6.08. The van der Waals surface area contributed by atoms with Gasteiger partial charge in [-0.2, -0.15) is 0 Å². The molecule has 2 aliphatic rings. The molecule has 3 rings (SSSR count). The van der Waals surface area contributed by atoms with Gasteiger partial charge in [0.25, 0.3) is 0 Å². The second-order valence-electron chi connectivity index (χ2n) is 5.89. The molecule has 1 fully saturated rings. The molecule has 1 aromatic rings. The zero-order valence-corrected chi connectivity index (χ0v) is 13.0. The third kappa shape index (κ3) is 2.49. The lowest BCUT2D eigenvalue weighted by Gasteiger charge is -2.40. The highest BCUT2D eigenvalue weighted by Gasteiger charge is 2.42. The van der Waals surface area contributed by atoms with E-state index in [1.807, 2.05) is 6.92 Å². The number of ether oxygens (including phenoxy) is 1. The number of aromatic nitrogens is 2. The molecule has 0 aromatic carbocycles. The fourth-order valence-corrected chi connectivity index (χ4v) is 3.29. The topological polar surface area (TPSA) is 93.4 Å². The molecule has 0 bridgehead atoms. The molecule has 3 N–H and O–H groups in total. The maximum atomic E-state index is 12.2. The van der Waals surface area contributed by atoms with E-state index < -0.39 is 5.41 Å². The molecule has 0 atom stereocenters. The fourth-order valence-electron chi connectivity index (χ4n) is 3.29. The Hall–Kier alpha value is -1.89. The molecule has 22 heavy (non-hydrogen) atoms. The lowest BCUT2D eigenvalue weighted by Crippen LogP contribution is -2.49. The van der Waals surface area contributed by atoms with Crippen molar-refractivity contribution in [1.29, 1.82) is 0 Å². The van der Waals surface area contributed by atoms with Gasteiger partial charge >= 0.3 is 5.97 Å². The average Bonchev–Trinajstić information content (AvgIpc) is 3.04. The standard InChI is InChI=1S/C15H23N5O2/c1-2-22-14(21)15(9-16)4-7-20(8-5-15)13-11-3-6-17-12(11)18-10-19-13/h10H,2-9,16H2,1H3,(H,17,18,19). The van der Waals surface area contributed by atoms with Crippen LogP contribution in [0.15, 0.2) is 6.33 Å². The van der Waals surface area contributed by atoms with Crippen LogP contribution in [0.1, 0.15) is 25.3 Å². The summed E-state index contributed by atoms with van der Waals surface area (Å²) >= 11 is 0. The third-order valence-electron chi connectivity index (χ3n) is 4.71. The molecular weight excluding hydrogens is 282 g/mol. The first-order valence-corrected chi connectivity index (χ1v) is 7.90. The number of nitrogens with two attached hydrogens (primary N) is 1. The molecule has 0 saturated carbocycles. The van der Waals surface area contributed by atoms with Gasteiger partial charge in [-0.05, 0) is 26.2 Å². The Morgan fingerprint density at radius 2 is 2.23 bits per heavy atom. The molecule has 3 heterocycles. The van der Waals surface area contributed by atoms with Gasteiger partial charge in [0.15, 0.2) is 0 Å². The number of rotatable bonds is 4. The van der Waals surface area contributed by atoms with Gasteiger partial charge in [-0.25, -0.2) is 9.97 Å². The number of nitrogens with zero attached hydrogens (tertiary/aromatic N) is 3. The molecule has 0 unspecified atom stereocenters. The van der Waals surface area contributed by atoms with Crippen LogP contribution < -0.4 is 16.0 Å². The molecule has 0 amide bonds. The van der Waals surface area contributed by atoms with Crippen LogP contribution >= 0.6 is 0 Å². The Labute approximate surface area is 130 Å². The second-order valence-corrected chi connectivity index (χ2v) is 5.89. The maximum Gasteiger partial charge on any atom is 0.313 e. The summed E-state index contributed by atoms with van der Waals surface area (Å²) in [6.07, 6.45) is 3.95. The number of carbonyl (C=O) groups is 1. The van der Waals surface area contributed by atoms with Crippen molar-refractivity contribution in [1.82, 2.24) is 9.97 Å². The van der Waals surface area contributed by atoms with Crippen LogP contribution in [0.3, 0.4) is 0 Å². The average molecular weight is 305 g/mol. The van der Waals surface area contributed by atoms with Crippen molar-refractivity contribution >= 4 is 17.6 Å². The molecule has 7 heteroatoms. The molecule has 120 valence electrons. The summed E-state index contributed by atoms with van der Waals surface area (Å²) in [5.74, 6) is 1.77. The monoisotopic (exact) mass is 305 g/mol. The third-order valence-corrected chi connectivity index (χ3v) is 4.71. The Morgan fingerprint density at radius 1 is 1.45 bits per heavy atom. The number of fused-ring (bicyclic) bond motifs is 1. The molecule has 7 nitrogen and oxygen atoms in total. The summed E-state index contributed by atoms with van der Waals surface area (Å²) in [6.45, 7) is 5.00. The SMILES string of the molecule is CCOC(=O)C1(CN)CCN(c2ncnc3c2CCN3)CC1. The van der Waals surface area contributed by atoms with Crippen molar-refractivity contribution in [2.45, 2.75) is 26.2 Å². The minimum absolute atomic E-state index is 0.160. The van der Waals surface area contributed by atoms with E-state index in [1.54, 1.807) is 6.33 Å². The van der Waals surface area contributed by atoms with E-state index in [0.29, 0.717) is 26.0 Å². The molecule has 0 aliphatic carbocycles. The molecule has 1 saturated heterocycles. The van der Waals surface area contributed by atoms with E-state index >= 15 is 0 Å². The lowest BCUT2D eigenvalue weighted by atomic mass is 9.78. The molecule has 0 spiro atoms. The number of anilines is 2. The van der Waals surface area contributed by atoms with Gasteiger partial charge in [0, 0.05) is 31.7 Å². The summed E-state index contributed by atoms with van der Waals surface area (Å²) in [5, 5.41) is 3.27. The van der Waals surface area contributed by atoms with Gasteiger partial charge < -0.3 is 20.7 Å². The number of carbonyl (C=O) groups excluding carboxylic acids is 1. The van der Waals surface area contributed by atoms with Gasteiger partial charge in [-0.3, -0.25) is 4.79 Å². The van der Waals surface area contributed by atoms with E-state index in [1.165, 1.54) is 5.56 Å². The first-order valence-electron chi connectivity index (χ1n) is 7.90. The van der Waals surface area contributed by atoms with Gasteiger partial charge in [0.05, 0.1) is 12.0 Å². The molecule has 2 aliphatic heterocycles. The Balaban J connectivity index is 1.74. The molecular formula is C15H23N5O2. The van der Waals surface area contributed by atoms with Gasteiger partial charge in [0.2, 0.25) is 0 Å². The maximum absolute atomic E-state index is 12.2. The van der Waals surface area contributed by atoms with E-state index in [-0.39, 0.29) is 5.97 Å². The number of hydrogen-bond donors (Lipinski definition) is 2. The minimum atomic E-state index is -0.541. The Morgan fingerprint density at radius 3 is 2.91 bits per heavy atom. The summed E-state index contributed by atoms with van der Waals surface area (Å²) in [5.41, 5.74) is 6.53. The summed E-state index contributed by atoms with van der Waals surface area (Å²) in [6, 6.07) is 0. The number of hydrogen-bond acceptors (Lipinski definition) is 7. The normalized spacial score (nSPS) is 19.5. The van der Waals surface area contributed by atoms with Crippen LogP contribution in [0, 0.1) is 5.41 Å². The van der Waals surface area contributed by atoms with Gasteiger partial charge in [0.1, 0.15) is 18.0 Å². The van der Waals surface area contributed by atoms with E-state index in [2.05, 4.69) is 20.2 Å². The fraction of sp³-hybridized carbons (Fsp3) is 0.667. The summed E-state index contributed by atoms with van der Waals surface area (Å²) in [7, 11) is 0. The molecule has 1 aromatic heterocycles. The van der Waals surface area contributed by atoms with Crippen LogP contribution in [-0.4, -0.2) is 48.7 Å². The number of esters is 1. The van der Waals surface area contributed by atoms with Crippen molar-refractivity contribution in [3.8, 4) is 0 Å². The summed E-state index contributed by atoms with van der Waals surface area (Å²) < 4.78 is 5.22. The predicted molar refractivity (Wildman–Crippen MR) is 83.8 cm³/mol. The zero-order chi connectivity index (χ0) is 15.6.